The van der Waals surface area contributed by atoms with Gasteiger partial charge in [-0.2, -0.15) is 0 Å². The number of nitrogens with zero attached hydrogens (tertiary/aromatic N) is 1. The van der Waals surface area contributed by atoms with Crippen LogP contribution >= 0.6 is 0 Å². The third-order valence-corrected chi connectivity index (χ3v) is 5.97. The molecule has 0 atom stereocenters. The van der Waals surface area contributed by atoms with Gasteiger partial charge in [0, 0.05) is 38.5 Å². The Morgan fingerprint density at radius 1 is 0.963 bits per heavy atom. The van der Waals surface area contributed by atoms with Gasteiger partial charge in [0.25, 0.3) is 0 Å². The molecule has 0 bridgehead atoms. The molecule has 1 amide bonds. The smallest absolute Gasteiger partial charge is 0.231 e. The molecule has 2 aliphatic heterocycles. The maximum Gasteiger partial charge on any atom is 0.231 e. The van der Waals surface area contributed by atoms with E-state index in [4.69, 9.17) is 4.74 Å². The van der Waals surface area contributed by atoms with Gasteiger partial charge in [0.1, 0.15) is 0 Å². The molecule has 2 fully saturated rings. The topological polar surface area (TPSA) is 41.6 Å². The highest BCUT2D eigenvalue weighted by Gasteiger charge is 2.41. The molecule has 4 heteroatoms. The van der Waals surface area contributed by atoms with Crippen molar-refractivity contribution in [2.45, 2.75) is 37.6 Å². The highest BCUT2D eigenvalue weighted by Crippen LogP contribution is 2.35. The molecule has 0 radical (unpaired) electrons. The van der Waals surface area contributed by atoms with Gasteiger partial charge in [-0.15, -0.1) is 0 Å². The Kier molecular flexibility index (Phi) is 5.44. The molecule has 4 rings (SSSR count). The Morgan fingerprint density at radius 3 is 2.30 bits per heavy atom. The molecule has 4 nitrogen and oxygen atoms in total. The number of rotatable bonds is 5. The molecule has 0 aliphatic carbocycles. The number of anilines is 1. The van der Waals surface area contributed by atoms with E-state index < -0.39 is 5.41 Å². The number of nitrogens with one attached hydrogen (secondary N) is 1. The van der Waals surface area contributed by atoms with Crippen molar-refractivity contribution in [2.24, 2.45) is 0 Å². The largest absolute Gasteiger partial charge is 0.381 e. The summed E-state index contributed by atoms with van der Waals surface area (Å²) in [5.74, 6) is 0.112. The predicted octanol–water partition coefficient (Wildman–Crippen LogP) is 3.65. The summed E-state index contributed by atoms with van der Waals surface area (Å²) < 4.78 is 5.54. The number of ether oxygens (including phenoxy) is 1. The van der Waals surface area contributed by atoms with Crippen LogP contribution in [-0.4, -0.2) is 32.2 Å². The van der Waals surface area contributed by atoms with Gasteiger partial charge in [-0.25, -0.2) is 0 Å². The quantitative estimate of drug-likeness (QED) is 0.880. The van der Waals surface area contributed by atoms with Gasteiger partial charge < -0.3 is 15.0 Å². The summed E-state index contributed by atoms with van der Waals surface area (Å²) in [6, 6.07) is 18.8. The molecular weight excluding hydrogens is 336 g/mol. The van der Waals surface area contributed by atoms with E-state index in [1.807, 2.05) is 18.2 Å². The fourth-order valence-corrected chi connectivity index (χ4v) is 4.28. The average Bonchev–Trinajstić information content (AvgIpc) is 3.28. The molecule has 0 saturated carbocycles. The SMILES string of the molecule is O=C(NCc1ccc(N2CCCC2)cc1)C1(c2ccccc2)CCOCC1. The van der Waals surface area contributed by atoms with E-state index in [9.17, 15) is 4.79 Å². The predicted molar refractivity (Wildman–Crippen MR) is 108 cm³/mol. The Hall–Kier alpha value is -2.33. The molecule has 142 valence electrons. The number of hydrogen-bond donors (Lipinski definition) is 1. The van der Waals surface area contributed by atoms with Gasteiger partial charge >= 0.3 is 0 Å². The van der Waals surface area contributed by atoms with Gasteiger partial charge in [-0.05, 0) is 48.9 Å². The van der Waals surface area contributed by atoms with E-state index in [2.05, 4.69) is 46.6 Å². The molecule has 2 saturated heterocycles. The van der Waals surface area contributed by atoms with E-state index >= 15 is 0 Å². The van der Waals surface area contributed by atoms with Crippen LogP contribution in [0.25, 0.3) is 0 Å². The van der Waals surface area contributed by atoms with Crippen molar-refractivity contribution in [2.75, 3.05) is 31.2 Å². The summed E-state index contributed by atoms with van der Waals surface area (Å²) in [7, 11) is 0. The second kappa shape index (κ2) is 8.13. The first-order valence-corrected chi connectivity index (χ1v) is 10.0. The van der Waals surface area contributed by atoms with Gasteiger partial charge in [-0.3, -0.25) is 4.79 Å². The van der Waals surface area contributed by atoms with Crippen LogP contribution in [0.5, 0.6) is 0 Å². The van der Waals surface area contributed by atoms with Crippen LogP contribution < -0.4 is 10.2 Å². The zero-order chi connectivity index (χ0) is 18.5. The minimum atomic E-state index is -0.477. The summed E-state index contributed by atoms with van der Waals surface area (Å²) in [4.78, 5) is 15.6. The van der Waals surface area contributed by atoms with Gasteiger partial charge in [0.2, 0.25) is 5.91 Å². The first-order chi connectivity index (χ1) is 13.3. The average molecular weight is 364 g/mol. The van der Waals surface area contributed by atoms with Crippen LogP contribution in [0.2, 0.25) is 0 Å². The van der Waals surface area contributed by atoms with Crippen LogP contribution in [0, 0.1) is 0 Å². The lowest BCUT2D eigenvalue weighted by molar-refractivity contribution is -0.130. The van der Waals surface area contributed by atoms with E-state index in [1.54, 1.807) is 0 Å². The van der Waals surface area contributed by atoms with E-state index in [0.717, 1.165) is 37.1 Å². The minimum Gasteiger partial charge on any atom is -0.381 e. The standard InChI is InChI=1S/C23H28N2O2/c26-22(23(12-16-27-17-13-23)20-6-2-1-3-7-20)24-18-19-8-10-21(11-9-19)25-14-4-5-15-25/h1-3,6-11H,4-5,12-18H2,(H,24,26). The first kappa shape index (κ1) is 18.1. The number of carbonyl (C=O) groups excluding carboxylic acids is 1. The van der Waals surface area contributed by atoms with Crippen LogP contribution in [0.15, 0.2) is 54.6 Å². The zero-order valence-electron chi connectivity index (χ0n) is 15.8. The summed E-state index contributed by atoms with van der Waals surface area (Å²) >= 11 is 0. The van der Waals surface area contributed by atoms with E-state index in [1.165, 1.54) is 18.5 Å². The summed E-state index contributed by atoms with van der Waals surface area (Å²) in [6.45, 7) is 4.13. The molecule has 0 aromatic heterocycles. The maximum absolute atomic E-state index is 13.2. The van der Waals surface area contributed by atoms with Crippen LogP contribution in [0.1, 0.15) is 36.8 Å². The van der Waals surface area contributed by atoms with Crippen LogP contribution in [-0.2, 0) is 21.5 Å². The Bertz CT molecular complexity index is 746. The van der Waals surface area contributed by atoms with Gasteiger partial charge in [0.05, 0.1) is 5.41 Å². The minimum absolute atomic E-state index is 0.112. The van der Waals surface area contributed by atoms with Gasteiger partial charge in [-0.1, -0.05) is 42.5 Å². The van der Waals surface area contributed by atoms with Crippen LogP contribution in [0.3, 0.4) is 0 Å². The van der Waals surface area contributed by atoms with Crippen molar-refractivity contribution in [3.8, 4) is 0 Å². The van der Waals surface area contributed by atoms with Crippen molar-refractivity contribution < 1.29 is 9.53 Å². The molecule has 1 N–H and O–H groups in total. The van der Waals surface area contributed by atoms with Gasteiger partial charge in [0.15, 0.2) is 0 Å². The molecule has 0 spiro atoms. The van der Waals surface area contributed by atoms with Crippen molar-refractivity contribution in [1.82, 2.24) is 5.32 Å². The lowest BCUT2D eigenvalue weighted by atomic mass is 9.73. The van der Waals surface area contributed by atoms with Crippen molar-refractivity contribution in [1.29, 1.82) is 0 Å². The normalized spacial score (nSPS) is 19.0. The number of carbonyl (C=O) groups is 1. The van der Waals surface area contributed by atoms with Crippen molar-refractivity contribution in [3.05, 3.63) is 65.7 Å². The van der Waals surface area contributed by atoms with Crippen molar-refractivity contribution in [3.63, 3.8) is 0 Å². The maximum atomic E-state index is 13.2. The number of benzene rings is 2. The lowest BCUT2D eigenvalue weighted by Gasteiger charge is -2.36. The third kappa shape index (κ3) is 3.86. The lowest BCUT2D eigenvalue weighted by Crippen LogP contribution is -2.47. The third-order valence-electron chi connectivity index (χ3n) is 5.97. The monoisotopic (exact) mass is 364 g/mol. The van der Waals surface area contributed by atoms with Crippen molar-refractivity contribution >= 4 is 11.6 Å². The summed E-state index contributed by atoms with van der Waals surface area (Å²) in [6.07, 6.45) is 4.03. The Balaban J connectivity index is 1.44. The second-order valence-electron chi connectivity index (χ2n) is 7.60. The molecule has 27 heavy (non-hydrogen) atoms. The zero-order valence-corrected chi connectivity index (χ0v) is 15.8. The highest BCUT2D eigenvalue weighted by molar-refractivity contribution is 5.88. The molecule has 2 aliphatic rings. The number of hydrogen-bond acceptors (Lipinski definition) is 3. The number of amides is 1. The molecule has 2 aromatic carbocycles. The van der Waals surface area contributed by atoms with E-state index in [0.29, 0.717) is 19.8 Å². The Labute approximate surface area is 161 Å². The fourth-order valence-electron chi connectivity index (χ4n) is 4.28. The highest BCUT2D eigenvalue weighted by atomic mass is 16.5. The Morgan fingerprint density at radius 2 is 1.63 bits per heavy atom. The summed E-state index contributed by atoms with van der Waals surface area (Å²) in [5.41, 5.74) is 3.04. The van der Waals surface area contributed by atoms with Crippen LogP contribution in [0.4, 0.5) is 5.69 Å². The molecule has 2 aromatic rings. The van der Waals surface area contributed by atoms with E-state index in [-0.39, 0.29) is 5.91 Å². The molecular formula is C23H28N2O2. The fraction of sp³-hybridized carbons (Fsp3) is 0.435. The molecule has 2 heterocycles. The second-order valence-corrected chi connectivity index (χ2v) is 7.60. The molecule has 0 unspecified atom stereocenters. The summed E-state index contributed by atoms with van der Waals surface area (Å²) in [5, 5.41) is 3.19. The first-order valence-electron chi connectivity index (χ1n) is 10.0.